The van der Waals surface area contributed by atoms with Crippen LogP contribution in [-0.4, -0.2) is 28.6 Å². The molecule has 0 aliphatic heterocycles. The number of carbonyl (C=O) groups is 2. The molecule has 0 N–H and O–H groups in total. The van der Waals surface area contributed by atoms with Crippen molar-refractivity contribution in [3.05, 3.63) is 69.6 Å². The van der Waals surface area contributed by atoms with E-state index in [9.17, 15) is 14.4 Å². The van der Waals surface area contributed by atoms with Gasteiger partial charge < -0.3 is 9.47 Å². The Morgan fingerprint density at radius 3 is 2.41 bits per heavy atom. The highest BCUT2D eigenvalue weighted by Crippen LogP contribution is 2.22. The average molecular weight is 394 g/mol. The minimum atomic E-state index is -0.661. The normalized spacial score (nSPS) is 10.9. The molecule has 0 aliphatic rings. The van der Waals surface area contributed by atoms with Gasteiger partial charge >= 0.3 is 5.97 Å². The first-order valence-electron chi connectivity index (χ1n) is 9.20. The number of hydrogen-bond acceptors (Lipinski definition) is 6. The number of rotatable bonds is 6. The second-order valence-electron chi connectivity index (χ2n) is 6.90. The molecule has 0 atom stereocenters. The summed E-state index contributed by atoms with van der Waals surface area (Å²) in [6.45, 7) is 5.00. The number of methoxy groups -OCH3 is 1. The molecule has 150 valence electrons. The van der Waals surface area contributed by atoms with E-state index < -0.39 is 5.97 Å². The van der Waals surface area contributed by atoms with Crippen LogP contribution < -0.4 is 10.3 Å². The average Bonchev–Trinajstić information content (AvgIpc) is 2.71. The predicted molar refractivity (Wildman–Crippen MR) is 109 cm³/mol. The van der Waals surface area contributed by atoms with Crippen molar-refractivity contribution in [2.45, 2.75) is 33.4 Å². The summed E-state index contributed by atoms with van der Waals surface area (Å²) in [5, 5.41) is 5.08. The standard InChI is InChI=1S/C22H22N2O5/c1-13(2)24-21(26)18-8-6-5-7-17(18)20(23-24)22(27)29-12-16-11-15(14(3)25)9-10-19(16)28-4/h5-11,13H,12H2,1-4H3. The molecule has 0 fully saturated rings. The number of ketones is 1. The molecule has 0 bridgehead atoms. The van der Waals surface area contributed by atoms with Gasteiger partial charge in [0.15, 0.2) is 11.5 Å². The summed E-state index contributed by atoms with van der Waals surface area (Å²) in [5.74, 6) is -0.254. The third-order valence-corrected chi connectivity index (χ3v) is 4.56. The molecule has 3 rings (SSSR count). The van der Waals surface area contributed by atoms with Gasteiger partial charge in [-0.05, 0) is 45.0 Å². The Balaban J connectivity index is 1.97. The maximum absolute atomic E-state index is 12.8. The zero-order valence-electron chi connectivity index (χ0n) is 16.8. The molecule has 0 amide bonds. The Labute approximate surface area is 167 Å². The SMILES string of the molecule is COc1ccc(C(C)=O)cc1COC(=O)c1nn(C(C)C)c(=O)c2ccccc12. The van der Waals surface area contributed by atoms with Crippen LogP contribution in [0.5, 0.6) is 5.75 Å². The van der Waals surface area contributed by atoms with Gasteiger partial charge in [0.25, 0.3) is 5.56 Å². The molecule has 1 heterocycles. The van der Waals surface area contributed by atoms with E-state index in [1.165, 1.54) is 18.7 Å². The third kappa shape index (κ3) is 4.03. The highest BCUT2D eigenvalue weighted by atomic mass is 16.5. The summed E-state index contributed by atoms with van der Waals surface area (Å²) >= 11 is 0. The first kappa shape index (κ1) is 20.3. The van der Waals surface area contributed by atoms with E-state index >= 15 is 0 Å². The van der Waals surface area contributed by atoms with Crippen molar-refractivity contribution >= 4 is 22.5 Å². The van der Waals surface area contributed by atoms with Gasteiger partial charge in [-0.2, -0.15) is 5.10 Å². The minimum absolute atomic E-state index is 0.0654. The van der Waals surface area contributed by atoms with Crippen molar-refractivity contribution in [1.82, 2.24) is 9.78 Å². The zero-order valence-corrected chi connectivity index (χ0v) is 16.8. The molecular formula is C22H22N2O5. The van der Waals surface area contributed by atoms with Gasteiger partial charge in [-0.15, -0.1) is 0 Å². The Hall–Kier alpha value is -3.48. The van der Waals surface area contributed by atoms with E-state index in [4.69, 9.17) is 9.47 Å². The summed E-state index contributed by atoms with van der Waals surface area (Å²) < 4.78 is 12.0. The first-order valence-corrected chi connectivity index (χ1v) is 9.20. The molecule has 0 spiro atoms. The number of hydrogen-bond donors (Lipinski definition) is 0. The molecule has 7 heteroatoms. The molecule has 7 nitrogen and oxygen atoms in total. The smallest absolute Gasteiger partial charge is 0.359 e. The highest BCUT2D eigenvalue weighted by Gasteiger charge is 2.20. The molecule has 3 aromatic rings. The number of fused-ring (bicyclic) bond motifs is 1. The summed E-state index contributed by atoms with van der Waals surface area (Å²) in [7, 11) is 1.50. The summed E-state index contributed by atoms with van der Waals surface area (Å²) in [5.41, 5.74) is 0.863. The van der Waals surface area contributed by atoms with E-state index in [1.54, 1.807) is 42.5 Å². The third-order valence-electron chi connectivity index (χ3n) is 4.56. The van der Waals surface area contributed by atoms with Gasteiger partial charge in [0.1, 0.15) is 12.4 Å². The Bertz CT molecular complexity index is 1150. The van der Waals surface area contributed by atoms with Crippen molar-refractivity contribution < 1.29 is 19.1 Å². The number of carbonyl (C=O) groups excluding carboxylic acids is 2. The minimum Gasteiger partial charge on any atom is -0.496 e. The second-order valence-corrected chi connectivity index (χ2v) is 6.90. The van der Waals surface area contributed by atoms with Crippen LogP contribution in [0.2, 0.25) is 0 Å². The van der Waals surface area contributed by atoms with Crippen molar-refractivity contribution in [1.29, 1.82) is 0 Å². The molecule has 0 saturated heterocycles. The van der Waals surface area contributed by atoms with Crippen molar-refractivity contribution in [2.75, 3.05) is 7.11 Å². The quantitative estimate of drug-likeness (QED) is 0.469. The predicted octanol–water partition coefficient (Wildman–Crippen LogP) is 3.55. The second kappa shape index (κ2) is 8.26. The number of aromatic nitrogens is 2. The molecule has 29 heavy (non-hydrogen) atoms. The largest absolute Gasteiger partial charge is 0.496 e. The Kier molecular flexibility index (Phi) is 5.77. The van der Waals surface area contributed by atoms with E-state index in [0.29, 0.717) is 27.6 Å². The van der Waals surface area contributed by atoms with Gasteiger partial charge in [-0.3, -0.25) is 9.59 Å². The van der Waals surface area contributed by atoms with Crippen LogP contribution in [0.25, 0.3) is 10.8 Å². The lowest BCUT2D eigenvalue weighted by Crippen LogP contribution is -2.27. The van der Waals surface area contributed by atoms with Crippen LogP contribution in [0.15, 0.2) is 47.3 Å². The molecule has 0 unspecified atom stereocenters. The van der Waals surface area contributed by atoms with Crippen LogP contribution in [-0.2, 0) is 11.3 Å². The van der Waals surface area contributed by atoms with Crippen LogP contribution >= 0.6 is 0 Å². The monoisotopic (exact) mass is 394 g/mol. The molecular weight excluding hydrogens is 372 g/mol. The van der Waals surface area contributed by atoms with Crippen LogP contribution in [0.4, 0.5) is 0 Å². The van der Waals surface area contributed by atoms with Gasteiger partial charge in [0.2, 0.25) is 0 Å². The summed E-state index contributed by atoms with van der Waals surface area (Å²) in [6.07, 6.45) is 0. The Morgan fingerprint density at radius 1 is 1.10 bits per heavy atom. The maximum atomic E-state index is 12.8. The van der Waals surface area contributed by atoms with Crippen LogP contribution in [0.3, 0.4) is 0 Å². The van der Waals surface area contributed by atoms with Crippen LogP contribution in [0.1, 0.15) is 53.2 Å². The molecule has 0 aliphatic carbocycles. The summed E-state index contributed by atoms with van der Waals surface area (Å²) in [6, 6.07) is 11.5. The highest BCUT2D eigenvalue weighted by molar-refractivity contribution is 6.02. The Morgan fingerprint density at radius 2 is 1.79 bits per heavy atom. The number of nitrogens with zero attached hydrogens (tertiary/aromatic N) is 2. The lowest BCUT2D eigenvalue weighted by atomic mass is 10.1. The fourth-order valence-corrected chi connectivity index (χ4v) is 3.03. The first-order chi connectivity index (χ1) is 13.8. The van der Waals surface area contributed by atoms with Crippen molar-refractivity contribution in [3.63, 3.8) is 0 Å². The summed E-state index contributed by atoms with van der Waals surface area (Å²) in [4.78, 5) is 37.1. The number of benzene rings is 2. The van der Waals surface area contributed by atoms with E-state index in [-0.39, 0.29) is 29.7 Å². The number of ether oxygens (including phenoxy) is 2. The fraction of sp³-hybridized carbons (Fsp3) is 0.273. The van der Waals surface area contributed by atoms with E-state index in [2.05, 4.69) is 5.10 Å². The maximum Gasteiger partial charge on any atom is 0.359 e. The van der Waals surface area contributed by atoms with Crippen molar-refractivity contribution in [2.24, 2.45) is 0 Å². The van der Waals surface area contributed by atoms with E-state index in [1.807, 2.05) is 13.8 Å². The van der Waals surface area contributed by atoms with E-state index in [0.717, 1.165) is 0 Å². The topological polar surface area (TPSA) is 87.5 Å². The molecule has 0 saturated carbocycles. The lowest BCUT2D eigenvalue weighted by molar-refractivity contribution is 0.0462. The van der Waals surface area contributed by atoms with Crippen LogP contribution in [0, 0.1) is 0 Å². The number of esters is 1. The van der Waals surface area contributed by atoms with Gasteiger partial charge in [-0.1, -0.05) is 18.2 Å². The fourth-order valence-electron chi connectivity index (χ4n) is 3.03. The van der Waals surface area contributed by atoms with Gasteiger partial charge in [0.05, 0.1) is 18.5 Å². The van der Waals surface area contributed by atoms with Gasteiger partial charge in [-0.25, -0.2) is 9.48 Å². The molecule has 1 aromatic heterocycles. The number of Topliss-reactive ketones (excluding diaryl/α,β-unsaturated/α-hetero) is 1. The van der Waals surface area contributed by atoms with Crippen molar-refractivity contribution in [3.8, 4) is 5.75 Å². The van der Waals surface area contributed by atoms with Gasteiger partial charge in [0, 0.05) is 16.5 Å². The molecule has 0 radical (unpaired) electrons. The zero-order chi connectivity index (χ0) is 21.1. The lowest BCUT2D eigenvalue weighted by Gasteiger charge is -2.14. The molecule has 2 aromatic carbocycles.